The highest BCUT2D eigenvalue weighted by Gasteiger charge is 2.21. The van der Waals surface area contributed by atoms with E-state index in [1.165, 1.54) is 5.56 Å². The maximum atomic E-state index is 11.0. The van der Waals surface area contributed by atoms with Crippen LogP contribution in [0, 0.1) is 6.92 Å². The van der Waals surface area contributed by atoms with Gasteiger partial charge in [-0.05, 0) is 24.5 Å². The topological polar surface area (TPSA) is 81.6 Å². The predicted molar refractivity (Wildman–Crippen MR) is 94.0 cm³/mol. The van der Waals surface area contributed by atoms with Crippen molar-refractivity contribution in [2.45, 2.75) is 32.0 Å². The molecular formula is C19H24N2O3. The van der Waals surface area contributed by atoms with Crippen LogP contribution in [0.1, 0.15) is 16.7 Å². The number of hydrogen-bond acceptors (Lipinski definition) is 3. The van der Waals surface area contributed by atoms with Crippen molar-refractivity contribution in [2.24, 2.45) is 0 Å². The van der Waals surface area contributed by atoms with Crippen LogP contribution in [0.5, 0.6) is 0 Å². The van der Waals surface area contributed by atoms with E-state index in [9.17, 15) is 9.90 Å². The first kappa shape index (κ1) is 18.0. The summed E-state index contributed by atoms with van der Waals surface area (Å²) in [6, 6.07) is 17.1. The number of benzene rings is 2. The Bertz CT molecular complexity index is 646. The van der Waals surface area contributed by atoms with Gasteiger partial charge in [0, 0.05) is 13.1 Å². The molecule has 24 heavy (non-hydrogen) atoms. The second kappa shape index (κ2) is 9.05. The molecule has 2 aromatic carbocycles. The molecule has 0 unspecified atom stereocenters. The smallest absolute Gasteiger partial charge is 0.404 e. The number of carboxylic acid groups (broad SMARTS) is 1. The molecule has 0 aliphatic carbocycles. The summed E-state index contributed by atoms with van der Waals surface area (Å²) in [7, 11) is 0. The zero-order chi connectivity index (χ0) is 17.4. The monoisotopic (exact) mass is 328 g/mol. The molecule has 0 fully saturated rings. The Kier molecular flexibility index (Phi) is 6.78. The molecule has 0 bridgehead atoms. The van der Waals surface area contributed by atoms with Crippen LogP contribution in [0.3, 0.4) is 0 Å². The minimum absolute atomic E-state index is 0.311. The third kappa shape index (κ3) is 6.02. The molecule has 0 heterocycles. The molecule has 0 saturated carbocycles. The molecule has 0 aromatic heterocycles. The minimum Gasteiger partial charge on any atom is -0.465 e. The Labute approximate surface area is 142 Å². The molecule has 0 aliphatic heterocycles. The van der Waals surface area contributed by atoms with E-state index in [2.05, 4.69) is 16.7 Å². The molecule has 0 radical (unpaired) electrons. The lowest BCUT2D eigenvalue weighted by Gasteiger charge is -2.23. The molecule has 2 atom stereocenters. The molecule has 2 rings (SSSR count). The molecule has 5 nitrogen and oxygen atoms in total. The van der Waals surface area contributed by atoms with Gasteiger partial charge in [0.1, 0.15) is 0 Å². The van der Waals surface area contributed by atoms with Crippen LogP contribution in [-0.2, 0) is 13.0 Å². The molecule has 0 spiro atoms. The Morgan fingerprint density at radius 1 is 1.08 bits per heavy atom. The van der Waals surface area contributed by atoms with E-state index in [1.807, 2.05) is 55.5 Å². The van der Waals surface area contributed by atoms with Crippen molar-refractivity contribution in [1.82, 2.24) is 10.6 Å². The zero-order valence-corrected chi connectivity index (χ0v) is 13.8. The largest absolute Gasteiger partial charge is 0.465 e. The Hall–Kier alpha value is -2.37. The van der Waals surface area contributed by atoms with Gasteiger partial charge in [-0.15, -0.1) is 0 Å². The quantitative estimate of drug-likeness (QED) is 0.599. The van der Waals surface area contributed by atoms with E-state index in [4.69, 9.17) is 5.11 Å². The van der Waals surface area contributed by atoms with Crippen LogP contribution in [0.15, 0.2) is 54.6 Å². The van der Waals surface area contributed by atoms with Gasteiger partial charge < -0.3 is 20.8 Å². The van der Waals surface area contributed by atoms with E-state index in [-0.39, 0.29) is 0 Å². The maximum absolute atomic E-state index is 11.0. The standard InChI is InChI=1S/C19H24N2O3/c1-14-6-5-9-16(10-14)12-20-13-18(22)17(21-19(23)24)11-15-7-3-2-4-8-15/h2-10,17-18,20-22H,11-13H2,1H3,(H,23,24)/t17-,18+/m0/s1. The van der Waals surface area contributed by atoms with Crippen molar-refractivity contribution < 1.29 is 15.0 Å². The Balaban J connectivity index is 1.89. The van der Waals surface area contributed by atoms with Crippen LogP contribution in [0.4, 0.5) is 4.79 Å². The SMILES string of the molecule is Cc1cccc(CNC[C@@H](O)[C@H](Cc2ccccc2)NC(=O)O)c1. The summed E-state index contributed by atoms with van der Waals surface area (Å²) in [5.74, 6) is 0. The fraction of sp³-hybridized carbons (Fsp3) is 0.316. The predicted octanol–water partition coefficient (Wildman–Crippen LogP) is 2.32. The van der Waals surface area contributed by atoms with E-state index >= 15 is 0 Å². The number of aliphatic hydroxyl groups is 1. The number of rotatable bonds is 8. The highest BCUT2D eigenvalue weighted by atomic mass is 16.4. The zero-order valence-electron chi connectivity index (χ0n) is 13.8. The minimum atomic E-state index is -1.13. The third-order valence-corrected chi connectivity index (χ3v) is 3.84. The van der Waals surface area contributed by atoms with Gasteiger partial charge in [0.2, 0.25) is 0 Å². The molecule has 2 aromatic rings. The van der Waals surface area contributed by atoms with Crippen molar-refractivity contribution >= 4 is 6.09 Å². The van der Waals surface area contributed by atoms with Gasteiger partial charge >= 0.3 is 6.09 Å². The van der Waals surface area contributed by atoms with E-state index in [0.29, 0.717) is 19.5 Å². The summed E-state index contributed by atoms with van der Waals surface area (Å²) < 4.78 is 0. The normalized spacial score (nSPS) is 13.2. The lowest BCUT2D eigenvalue weighted by atomic mass is 10.0. The van der Waals surface area contributed by atoms with Gasteiger partial charge in [-0.25, -0.2) is 4.79 Å². The molecular weight excluding hydrogens is 304 g/mol. The average molecular weight is 328 g/mol. The summed E-state index contributed by atoms with van der Waals surface area (Å²) in [6.45, 7) is 2.97. The van der Waals surface area contributed by atoms with E-state index in [0.717, 1.165) is 11.1 Å². The van der Waals surface area contributed by atoms with Crippen LogP contribution in [0.2, 0.25) is 0 Å². The van der Waals surface area contributed by atoms with Crippen molar-refractivity contribution in [1.29, 1.82) is 0 Å². The van der Waals surface area contributed by atoms with Crippen LogP contribution < -0.4 is 10.6 Å². The summed E-state index contributed by atoms with van der Waals surface area (Å²) in [5, 5.41) is 25.0. The summed E-state index contributed by atoms with van der Waals surface area (Å²) in [4.78, 5) is 11.0. The fourth-order valence-electron chi connectivity index (χ4n) is 2.64. The Morgan fingerprint density at radius 2 is 1.79 bits per heavy atom. The molecule has 0 aliphatic rings. The Morgan fingerprint density at radius 3 is 2.46 bits per heavy atom. The number of aliphatic hydroxyl groups excluding tert-OH is 1. The highest BCUT2D eigenvalue weighted by Crippen LogP contribution is 2.07. The van der Waals surface area contributed by atoms with Crippen molar-refractivity contribution in [3.8, 4) is 0 Å². The van der Waals surface area contributed by atoms with Crippen LogP contribution >= 0.6 is 0 Å². The van der Waals surface area contributed by atoms with Gasteiger partial charge in [-0.1, -0.05) is 60.2 Å². The maximum Gasteiger partial charge on any atom is 0.404 e. The van der Waals surface area contributed by atoms with Gasteiger partial charge in [-0.2, -0.15) is 0 Å². The lowest BCUT2D eigenvalue weighted by Crippen LogP contribution is -2.48. The number of nitrogens with one attached hydrogen (secondary N) is 2. The van der Waals surface area contributed by atoms with Gasteiger partial charge in [0.15, 0.2) is 0 Å². The van der Waals surface area contributed by atoms with Crippen molar-refractivity contribution in [3.63, 3.8) is 0 Å². The first-order chi connectivity index (χ1) is 11.5. The average Bonchev–Trinajstić information content (AvgIpc) is 2.55. The molecule has 4 N–H and O–H groups in total. The first-order valence-electron chi connectivity index (χ1n) is 8.02. The summed E-state index contributed by atoms with van der Waals surface area (Å²) >= 11 is 0. The van der Waals surface area contributed by atoms with Crippen LogP contribution in [0.25, 0.3) is 0 Å². The van der Waals surface area contributed by atoms with Gasteiger partial charge in [0.05, 0.1) is 12.1 Å². The number of hydrogen-bond donors (Lipinski definition) is 4. The number of carbonyl (C=O) groups is 1. The summed E-state index contributed by atoms with van der Waals surface area (Å²) in [5.41, 5.74) is 3.30. The fourth-order valence-corrected chi connectivity index (χ4v) is 2.64. The second-order valence-corrected chi connectivity index (χ2v) is 5.93. The lowest BCUT2D eigenvalue weighted by molar-refractivity contribution is 0.117. The van der Waals surface area contributed by atoms with Crippen molar-refractivity contribution in [2.75, 3.05) is 6.54 Å². The summed E-state index contributed by atoms with van der Waals surface area (Å²) in [6.07, 6.45) is -1.50. The molecule has 5 heteroatoms. The molecule has 128 valence electrons. The molecule has 1 amide bonds. The molecule has 0 saturated heterocycles. The first-order valence-corrected chi connectivity index (χ1v) is 8.02. The van der Waals surface area contributed by atoms with Crippen molar-refractivity contribution in [3.05, 3.63) is 71.3 Å². The van der Waals surface area contributed by atoms with E-state index in [1.54, 1.807) is 0 Å². The number of amides is 1. The number of aryl methyl sites for hydroxylation is 1. The third-order valence-electron chi connectivity index (χ3n) is 3.84. The highest BCUT2D eigenvalue weighted by molar-refractivity contribution is 5.65. The second-order valence-electron chi connectivity index (χ2n) is 5.93. The van der Waals surface area contributed by atoms with Gasteiger partial charge in [-0.3, -0.25) is 0 Å². The van der Waals surface area contributed by atoms with Crippen LogP contribution in [-0.4, -0.2) is 35.0 Å². The van der Waals surface area contributed by atoms with E-state index < -0.39 is 18.2 Å². The van der Waals surface area contributed by atoms with Gasteiger partial charge in [0.25, 0.3) is 0 Å².